The van der Waals surface area contributed by atoms with Crippen LogP contribution in [-0.2, 0) is 16.1 Å². The number of carbonyl (C=O) groups is 2. The van der Waals surface area contributed by atoms with E-state index in [1.807, 2.05) is 6.07 Å². The third kappa shape index (κ3) is 5.78. The zero-order valence-electron chi connectivity index (χ0n) is 15.3. The third-order valence-electron chi connectivity index (χ3n) is 3.95. The fourth-order valence-corrected chi connectivity index (χ4v) is 2.47. The van der Waals surface area contributed by atoms with Gasteiger partial charge >= 0.3 is 6.09 Å². The average molecular weight is 387 g/mol. The van der Waals surface area contributed by atoms with Crippen LogP contribution in [0.1, 0.15) is 17.2 Å². The van der Waals surface area contributed by atoms with Crippen molar-refractivity contribution in [3.8, 4) is 0 Å². The smallest absolute Gasteiger partial charge is 0.408 e. The van der Waals surface area contributed by atoms with Gasteiger partial charge in [0, 0.05) is 25.7 Å². The van der Waals surface area contributed by atoms with Crippen molar-refractivity contribution < 1.29 is 24.4 Å². The molecule has 0 heterocycles. The van der Waals surface area contributed by atoms with Crippen molar-refractivity contribution in [2.45, 2.75) is 12.6 Å². The standard InChI is InChI=1S/C19H21N3O6/c1-21(10-11-23)18(24)17(15-8-5-9-16(12-15)22(26)27)20-19(25)28-13-14-6-3-2-4-7-14/h2-9,12,17,23H,10-11,13H2,1H3,(H,20,25)/t17-/m1/s1. The average Bonchev–Trinajstić information content (AvgIpc) is 2.71. The van der Waals surface area contributed by atoms with E-state index < -0.39 is 23.0 Å². The number of alkyl carbamates (subject to hydrolysis) is 1. The van der Waals surface area contributed by atoms with Crippen molar-refractivity contribution in [3.63, 3.8) is 0 Å². The van der Waals surface area contributed by atoms with Crippen LogP contribution in [0.4, 0.5) is 10.5 Å². The van der Waals surface area contributed by atoms with Crippen LogP contribution in [0, 0.1) is 10.1 Å². The molecule has 1 atom stereocenters. The second-order valence-corrected chi connectivity index (χ2v) is 5.97. The summed E-state index contributed by atoms with van der Waals surface area (Å²) in [6.45, 7) is -0.206. The molecular formula is C19H21N3O6. The molecule has 0 fully saturated rings. The van der Waals surface area contributed by atoms with E-state index in [9.17, 15) is 19.7 Å². The Morgan fingerprint density at radius 3 is 2.57 bits per heavy atom. The number of hydrogen-bond donors (Lipinski definition) is 2. The second-order valence-electron chi connectivity index (χ2n) is 5.97. The summed E-state index contributed by atoms with van der Waals surface area (Å²) in [6.07, 6.45) is -0.842. The van der Waals surface area contributed by atoms with Crippen molar-refractivity contribution >= 4 is 17.7 Å². The number of non-ortho nitro benzene ring substituents is 1. The van der Waals surface area contributed by atoms with Crippen LogP contribution in [-0.4, -0.2) is 47.1 Å². The summed E-state index contributed by atoms with van der Waals surface area (Å²) < 4.78 is 5.14. The van der Waals surface area contributed by atoms with Gasteiger partial charge in [0.1, 0.15) is 12.6 Å². The molecule has 2 aromatic rings. The molecule has 0 spiro atoms. The van der Waals surface area contributed by atoms with Gasteiger partial charge in [-0.2, -0.15) is 0 Å². The van der Waals surface area contributed by atoms with E-state index in [1.54, 1.807) is 24.3 Å². The largest absolute Gasteiger partial charge is 0.445 e. The molecule has 148 valence electrons. The number of likely N-dealkylation sites (N-methyl/N-ethyl adjacent to an activating group) is 1. The Labute approximate surface area is 161 Å². The minimum Gasteiger partial charge on any atom is -0.445 e. The molecule has 0 bridgehead atoms. The maximum Gasteiger partial charge on any atom is 0.408 e. The quantitative estimate of drug-likeness (QED) is 0.528. The van der Waals surface area contributed by atoms with Crippen LogP contribution in [0.5, 0.6) is 0 Å². The maximum absolute atomic E-state index is 12.7. The van der Waals surface area contributed by atoms with Crippen LogP contribution < -0.4 is 5.32 Å². The Morgan fingerprint density at radius 1 is 1.21 bits per heavy atom. The predicted molar refractivity (Wildman–Crippen MR) is 100 cm³/mol. The first-order chi connectivity index (χ1) is 13.4. The summed E-state index contributed by atoms with van der Waals surface area (Å²) >= 11 is 0. The number of ether oxygens (including phenoxy) is 1. The minimum atomic E-state index is -1.19. The highest BCUT2D eigenvalue weighted by molar-refractivity contribution is 5.87. The fourth-order valence-electron chi connectivity index (χ4n) is 2.47. The van der Waals surface area contributed by atoms with Gasteiger partial charge in [-0.15, -0.1) is 0 Å². The Balaban J connectivity index is 2.18. The van der Waals surface area contributed by atoms with E-state index in [0.29, 0.717) is 0 Å². The van der Waals surface area contributed by atoms with Crippen LogP contribution in [0.25, 0.3) is 0 Å². The number of nitrogens with one attached hydrogen (secondary N) is 1. The van der Waals surface area contributed by atoms with E-state index in [2.05, 4.69) is 5.32 Å². The molecule has 0 aromatic heterocycles. The highest BCUT2D eigenvalue weighted by atomic mass is 16.6. The van der Waals surface area contributed by atoms with E-state index >= 15 is 0 Å². The van der Waals surface area contributed by atoms with Gasteiger partial charge in [0.2, 0.25) is 5.91 Å². The molecule has 2 N–H and O–H groups in total. The molecule has 0 aliphatic carbocycles. The summed E-state index contributed by atoms with van der Waals surface area (Å²) in [6, 6.07) is 13.2. The van der Waals surface area contributed by atoms with Crippen molar-refractivity contribution in [2.24, 2.45) is 0 Å². The number of rotatable bonds is 8. The third-order valence-corrected chi connectivity index (χ3v) is 3.95. The van der Waals surface area contributed by atoms with Gasteiger partial charge < -0.3 is 20.1 Å². The lowest BCUT2D eigenvalue weighted by atomic mass is 10.0. The number of nitrogens with zero attached hydrogens (tertiary/aromatic N) is 2. The van der Waals surface area contributed by atoms with Crippen molar-refractivity contribution in [1.82, 2.24) is 10.2 Å². The zero-order chi connectivity index (χ0) is 20.5. The molecule has 9 nitrogen and oxygen atoms in total. The normalized spacial score (nSPS) is 11.4. The van der Waals surface area contributed by atoms with E-state index in [4.69, 9.17) is 9.84 Å². The Kier molecular flexibility index (Phi) is 7.46. The fraction of sp³-hybridized carbons (Fsp3) is 0.263. The van der Waals surface area contributed by atoms with Gasteiger partial charge in [0.25, 0.3) is 5.69 Å². The molecule has 0 saturated heterocycles. The number of hydrogen-bond acceptors (Lipinski definition) is 6. The number of benzene rings is 2. The molecule has 0 aliphatic heterocycles. The highest BCUT2D eigenvalue weighted by Gasteiger charge is 2.27. The van der Waals surface area contributed by atoms with Crippen LogP contribution >= 0.6 is 0 Å². The van der Waals surface area contributed by atoms with Crippen molar-refractivity contribution in [2.75, 3.05) is 20.2 Å². The van der Waals surface area contributed by atoms with Crippen LogP contribution in [0.3, 0.4) is 0 Å². The first-order valence-corrected chi connectivity index (χ1v) is 8.49. The van der Waals surface area contributed by atoms with E-state index in [-0.39, 0.29) is 31.0 Å². The molecule has 9 heteroatoms. The number of nitro groups is 1. The first-order valence-electron chi connectivity index (χ1n) is 8.49. The summed E-state index contributed by atoms with van der Waals surface area (Å²) in [5.74, 6) is -0.536. The predicted octanol–water partition coefficient (Wildman–Crippen LogP) is 2.01. The molecule has 0 unspecified atom stereocenters. The zero-order valence-corrected chi connectivity index (χ0v) is 15.3. The van der Waals surface area contributed by atoms with E-state index in [1.165, 1.54) is 36.2 Å². The van der Waals surface area contributed by atoms with Crippen molar-refractivity contribution in [3.05, 3.63) is 75.8 Å². The summed E-state index contributed by atoms with van der Waals surface area (Å²) in [7, 11) is 1.46. The monoisotopic (exact) mass is 387 g/mol. The van der Waals surface area contributed by atoms with Gasteiger partial charge in [0.05, 0.1) is 11.5 Å². The highest BCUT2D eigenvalue weighted by Crippen LogP contribution is 2.21. The molecule has 2 aromatic carbocycles. The lowest BCUT2D eigenvalue weighted by Gasteiger charge is -2.24. The second kappa shape index (κ2) is 10.0. The minimum absolute atomic E-state index is 0.00893. The van der Waals surface area contributed by atoms with Crippen molar-refractivity contribution in [1.29, 1.82) is 0 Å². The number of nitro benzene ring substituents is 1. The molecule has 28 heavy (non-hydrogen) atoms. The van der Waals surface area contributed by atoms with Gasteiger partial charge in [-0.1, -0.05) is 42.5 Å². The Hall–Kier alpha value is -3.46. The first kappa shape index (κ1) is 20.8. The molecule has 0 aliphatic rings. The molecule has 2 amide bonds. The lowest BCUT2D eigenvalue weighted by Crippen LogP contribution is -2.42. The number of aliphatic hydroxyl groups is 1. The number of amides is 2. The van der Waals surface area contributed by atoms with Gasteiger partial charge in [0.15, 0.2) is 0 Å². The molecular weight excluding hydrogens is 366 g/mol. The topological polar surface area (TPSA) is 122 Å². The number of carbonyl (C=O) groups excluding carboxylic acids is 2. The van der Waals surface area contributed by atoms with Gasteiger partial charge in [-0.05, 0) is 11.1 Å². The van der Waals surface area contributed by atoms with E-state index in [0.717, 1.165) is 5.56 Å². The summed E-state index contributed by atoms with van der Waals surface area (Å²) in [5, 5.41) is 22.5. The Morgan fingerprint density at radius 2 is 1.93 bits per heavy atom. The van der Waals surface area contributed by atoms with Crippen LogP contribution in [0.15, 0.2) is 54.6 Å². The maximum atomic E-state index is 12.7. The SMILES string of the molecule is CN(CCO)C(=O)[C@H](NC(=O)OCc1ccccc1)c1cccc([N+](=O)[O-])c1. The Bertz CT molecular complexity index is 827. The summed E-state index contributed by atoms with van der Waals surface area (Å²) in [5.41, 5.74) is 0.800. The number of aliphatic hydroxyl groups excluding tert-OH is 1. The van der Waals surface area contributed by atoms with Gasteiger partial charge in [-0.3, -0.25) is 14.9 Å². The van der Waals surface area contributed by atoms with Gasteiger partial charge in [-0.25, -0.2) is 4.79 Å². The lowest BCUT2D eigenvalue weighted by molar-refractivity contribution is -0.384. The molecule has 2 rings (SSSR count). The summed E-state index contributed by atoms with van der Waals surface area (Å²) in [4.78, 5) is 36.6. The molecule has 0 saturated carbocycles. The molecule has 0 radical (unpaired) electrons. The van der Waals surface area contributed by atoms with Crippen LogP contribution in [0.2, 0.25) is 0 Å².